The summed E-state index contributed by atoms with van der Waals surface area (Å²) in [6.45, 7) is 0. The van der Waals surface area contributed by atoms with Gasteiger partial charge in [-0.1, -0.05) is 18.2 Å². The molecule has 3 rings (SSSR count). The number of H-pyrrole nitrogens is 1. The summed E-state index contributed by atoms with van der Waals surface area (Å²) < 4.78 is 37.4. The minimum absolute atomic E-state index is 0.146. The van der Waals surface area contributed by atoms with Crippen LogP contribution in [0.25, 0.3) is 0 Å². The van der Waals surface area contributed by atoms with E-state index in [4.69, 9.17) is 0 Å². The highest BCUT2D eigenvalue weighted by Gasteiger charge is 2.35. The summed E-state index contributed by atoms with van der Waals surface area (Å²) >= 11 is 0. The summed E-state index contributed by atoms with van der Waals surface area (Å²) in [5, 5.41) is 12.4. The number of aromatic amines is 1. The van der Waals surface area contributed by atoms with Crippen LogP contribution in [0.15, 0.2) is 54.6 Å². The maximum atomic E-state index is 12.5. The largest absolute Gasteiger partial charge is 0.451 e. The summed E-state index contributed by atoms with van der Waals surface area (Å²) in [7, 11) is 0. The van der Waals surface area contributed by atoms with E-state index in [9.17, 15) is 22.8 Å². The molecule has 0 bridgehead atoms. The van der Waals surface area contributed by atoms with Crippen LogP contribution in [0, 0.1) is 0 Å². The molecule has 3 amide bonds. The fourth-order valence-corrected chi connectivity index (χ4v) is 2.14. The summed E-state index contributed by atoms with van der Waals surface area (Å²) in [4.78, 5) is 27.1. The van der Waals surface area contributed by atoms with Gasteiger partial charge >= 0.3 is 12.2 Å². The molecule has 0 saturated carbocycles. The Bertz CT molecular complexity index is 971. The lowest BCUT2D eigenvalue weighted by Gasteiger charge is -2.08. The van der Waals surface area contributed by atoms with Gasteiger partial charge in [-0.3, -0.25) is 15.2 Å². The molecule has 0 saturated heterocycles. The SMILES string of the molecule is O=C(Nc1ccccc1)Nc1ccc(C(=O)Nc2n[nH]c(C(F)(F)F)n2)cc1. The molecule has 0 unspecified atom stereocenters. The Labute approximate surface area is 156 Å². The van der Waals surface area contributed by atoms with E-state index in [1.165, 1.54) is 24.3 Å². The molecule has 8 nitrogen and oxygen atoms in total. The van der Waals surface area contributed by atoms with Gasteiger partial charge in [-0.05, 0) is 36.4 Å². The quantitative estimate of drug-likeness (QED) is 0.544. The van der Waals surface area contributed by atoms with Crippen molar-refractivity contribution in [1.82, 2.24) is 15.2 Å². The fraction of sp³-hybridized carbons (Fsp3) is 0.0588. The number of anilines is 3. The Morgan fingerprint density at radius 3 is 2.04 bits per heavy atom. The zero-order valence-electron chi connectivity index (χ0n) is 14.0. The van der Waals surface area contributed by atoms with Crippen molar-refractivity contribution in [3.05, 3.63) is 66.0 Å². The van der Waals surface area contributed by atoms with Crippen molar-refractivity contribution in [2.24, 2.45) is 0 Å². The Morgan fingerprint density at radius 1 is 0.857 bits per heavy atom. The number of rotatable bonds is 4. The number of aromatic nitrogens is 3. The first kappa shape index (κ1) is 18.9. The van der Waals surface area contributed by atoms with Crippen LogP contribution in [0.5, 0.6) is 0 Å². The average Bonchev–Trinajstić information content (AvgIpc) is 3.12. The Balaban J connectivity index is 1.58. The number of nitrogens with one attached hydrogen (secondary N) is 4. The highest BCUT2D eigenvalue weighted by Crippen LogP contribution is 2.26. The van der Waals surface area contributed by atoms with E-state index >= 15 is 0 Å². The topological polar surface area (TPSA) is 112 Å². The van der Waals surface area contributed by atoms with Gasteiger partial charge in [0.05, 0.1) is 0 Å². The van der Waals surface area contributed by atoms with Crippen molar-refractivity contribution >= 4 is 29.3 Å². The Morgan fingerprint density at radius 2 is 1.46 bits per heavy atom. The lowest BCUT2D eigenvalue weighted by atomic mass is 10.2. The molecule has 3 aromatic rings. The van der Waals surface area contributed by atoms with Gasteiger partial charge in [0.25, 0.3) is 5.91 Å². The van der Waals surface area contributed by atoms with Crippen molar-refractivity contribution < 1.29 is 22.8 Å². The van der Waals surface area contributed by atoms with Crippen LogP contribution in [0.1, 0.15) is 16.2 Å². The van der Waals surface area contributed by atoms with Gasteiger partial charge in [0.2, 0.25) is 11.8 Å². The second-order valence-corrected chi connectivity index (χ2v) is 5.48. The van der Waals surface area contributed by atoms with Crippen LogP contribution in [0.4, 0.5) is 35.3 Å². The van der Waals surface area contributed by atoms with E-state index in [2.05, 4.69) is 26.0 Å². The minimum Gasteiger partial charge on any atom is -0.308 e. The van der Waals surface area contributed by atoms with Crippen molar-refractivity contribution in [2.75, 3.05) is 16.0 Å². The highest BCUT2D eigenvalue weighted by atomic mass is 19.4. The van der Waals surface area contributed by atoms with E-state index in [0.717, 1.165) is 0 Å². The summed E-state index contributed by atoms with van der Waals surface area (Å²) in [6.07, 6.45) is -4.69. The van der Waals surface area contributed by atoms with Crippen LogP contribution in [-0.4, -0.2) is 27.1 Å². The Kier molecular flexibility index (Phi) is 5.25. The molecule has 2 aromatic carbocycles. The lowest BCUT2D eigenvalue weighted by molar-refractivity contribution is -0.144. The van der Waals surface area contributed by atoms with E-state index in [-0.39, 0.29) is 5.56 Å². The molecule has 4 N–H and O–H groups in total. The number of hydrogen-bond donors (Lipinski definition) is 4. The van der Waals surface area contributed by atoms with Crippen molar-refractivity contribution in [3.63, 3.8) is 0 Å². The zero-order valence-corrected chi connectivity index (χ0v) is 14.0. The van der Waals surface area contributed by atoms with Crippen LogP contribution in [-0.2, 0) is 6.18 Å². The highest BCUT2D eigenvalue weighted by molar-refractivity contribution is 6.04. The molecule has 11 heteroatoms. The molecule has 0 radical (unpaired) electrons. The number of carbonyl (C=O) groups is 2. The molecule has 0 atom stereocenters. The maximum absolute atomic E-state index is 12.5. The van der Waals surface area contributed by atoms with Gasteiger partial charge in [0.15, 0.2) is 0 Å². The third kappa shape index (κ3) is 4.84. The molecule has 1 heterocycles. The molecule has 0 fully saturated rings. The van der Waals surface area contributed by atoms with Gasteiger partial charge in [0.1, 0.15) is 0 Å². The monoisotopic (exact) mass is 390 g/mol. The number of benzene rings is 2. The zero-order chi connectivity index (χ0) is 20.1. The minimum atomic E-state index is -4.69. The first-order valence-electron chi connectivity index (χ1n) is 7.85. The second kappa shape index (κ2) is 7.78. The van der Waals surface area contributed by atoms with Crippen LogP contribution >= 0.6 is 0 Å². The normalized spacial score (nSPS) is 11.0. The Hall–Kier alpha value is -3.89. The number of carbonyl (C=O) groups excluding carboxylic acids is 2. The van der Waals surface area contributed by atoms with Crippen LogP contribution in [0.3, 0.4) is 0 Å². The van der Waals surface area contributed by atoms with Crippen molar-refractivity contribution in [2.45, 2.75) is 6.18 Å². The number of alkyl halides is 3. The van der Waals surface area contributed by atoms with E-state index in [1.54, 1.807) is 29.4 Å². The number of halogens is 3. The summed E-state index contributed by atoms with van der Waals surface area (Å²) in [5.41, 5.74) is 1.18. The van der Waals surface area contributed by atoms with Crippen molar-refractivity contribution in [1.29, 1.82) is 0 Å². The number of amides is 3. The van der Waals surface area contributed by atoms with Crippen LogP contribution in [0.2, 0.25) is 0 Å². The third-order valence-corrected chi connectivity index (χ3v) is 3.42. The number of urea groups is 1. The molecule has 28 heavy (non-hydrogen) atoms. The van der Waals surface area contributed by atoms with Gasteiger partial charge in [0, 0.05) is 16.9 Å². The van der Waals surface area contributed by atoms with Gasteiger partial charge in [-0.15, -0.1) is 5.10 Å². The maximum Gasteiger partial charge on any atom is 0.451 e. The van der Waals surface area contributed by atoms with Crippen molar-refractivity contribution in [3.8, 4) is 0 Å². The first-order valence-corrected chi connectivity index (χ1v) is 7.85. The van der Waals surface area contributed by atoms with Gasteiger partial charge in [-0.25, -0.2) is 4.79 Å². The van der Waals surface area contributed by atoms with Gasteiger partial charge in [-0.2, -0.15) is 18.2 Å². The lowest BCUT2D eigenvalue weighted by Crippen LogP contribution is -2.19. The molecule has 0 aliphatic rings. The predicted molar refractivity (Wildman–Crippen MR) is 94.9 cm³/mol. The number of nitrogens with zero attached hydrogens (tertiary/aromatic N) is 2. The number of para-hydroxylation sites is 1. The second-order valence-electron chi connectivity index (χ2n) is 5.48. The molecular weight excluding hydrogens is 377 g/mol. The molecule has 144 valence electrons. The van der Waals surface area contributed by atoms with E-state index in [1.807, 2.05) is 6.07 Å². The molecule has 0 spiro atoms. The predicted octanol–water partition coefficient (Wildman–Crippen LogP) is 3.72. The average molecular weight is 390 g/mol. The fourth-order valence-electron chi connectivity index (χ4n) is 2.14. The first-order chi connectivity index (χ1) is 13.3. The molecule has 0 aliphatic heterocycles. The smallest absolute Gasteiger partial charge is 0.308 e. The summed E-state index contributed by atoms with van der Waals surface area (Å²) in [5.74, 6) is -2.51. The van der Waals surface area contributed by atoms with Crippen LogP contribution < -0.4 is 16.0 Å². The van der Waals surface area contributed by atoms with E-state index in [0.29, 0.717) is 11.4 Å². The number of hydrogen-bond acceptors (Lipinski definition) is 4. The molecular formula is C17H13F3N6O2. The summed E-state index contributed by atoms with van der Waals surface area (Å²) in [6, 6.07) is 14.1. The standard InChI is InChI=1S/C17H13F3N6O2/c18-17(19,20)14-24-15(26-25-14)23-13(27)10-6-8-12(9-7-10)22-16(28)21-11-4-2-1-3-5-11/h1-9H,(H2,21,22,28)(H2,23,24,25,26,27). The third-order valence-electron chi connectivity index (χ3n) is 3.42. The molecule has 0 aliphatic carbocycles. The van der Waals surface area contributed by atoms with E-state index < -0.39 is 29.9 Å². The van der Waals surface area contributed by atoms with Gasteiger partial charge < -0.3 is 10.6 Å². The molecule has 1 aromatic heterocycles.